The van der Waals surface area contributed by atoms with Crippen LogP contribution < -0.4 is 10.6 Å². The molecule has 0 aliphatic carbocycles. The number of aryl methyl sites for hydroxylation is 1. The van der Waals surface area contributed by atoms with Crippen molar-refractivity contribution in [3.05, 3.63) is 39.8 Å². The predicted octanol–water partition coefficient (Wildman–Crippen LogP) is 3.57. The highest BCUT2D eigenvalue weighted by molar-refractivity contribution is 7.07. The summed E-state index contributed by atoms with van der Waals surface area (Å²) in [5, 5.41) is 14.4. The van der Waals surface area contributed by atoms with Crippen LogP contribution in [0.5, 0.6) is 0 Å². The summed E-state index contributed by atoms with van der Waals surface area (Å²) in [5.41, 5.74) is 3.04. The van der Waals surface area contributed by atoms with Crippen molar-refractivity contribution < 1.29 is 4.79 Å². The number of hydrogen-bond acceptors (Lipinski definition) is 3. The normalized spacial score (nSPS) is 13.0. The van der Waals surface area contributed by atoms with Gasteiger partial charge in [0.25, 0.3) is 0 Å². The quantitative estimate of drug-likeness (QED) is 0.905. The van der Waals surface area contributed by atoms with Crippen LogP contribution >= 0.6 is 11.3 Å². The van der Waals surface area contributed by atoms with Crippen molar-refractivity contribution in [2.24, 2.45) is 0 Å². The molecule has 2 aromatic rings. The molecule has 5 nitrogen and oxygen atoms in total. The number of nitrogens with one attached hydrogen (secondary N) is 2. The molecule has 0 saturated carbocycles. The first-order chi connectivity index (χ1) is 10.3. The van der Waals surface area contributed by atoms with Crippen molar-refractivity contribution in [1.29, 1.82) is 0 Å². The molecular formula is C16H24N4OS. The van der Waals surface area contributed by atoms with Crippen LogP contribution in [0.1, 0.15) is 50.6 Å². The first kappa shape index (κ1) is 16.5. The Balaban J connectivity index is 1.95. The van der Waals surface area contributed by atoms with E-state index in [1.165, 1.54) is 0 Å². The lowest BCUT2D eigenvalue weighted by Gasteiger charge is -2.19. The van der Waals surface area contributed by atoms with E-state index in [-0.39, 0.29) is 17.6 Å². The number of aromatic nitrogens is 2. The maximum Gasteiger partial charge on any atom is 0.315 e. The Morgan fingerprint density at radius 2 is 2.18 bits per heavy atom. The fourth-order valence-corrected chi connectivity index (χ4v) is 2.81. The number of rotatable bonds is 4. The summed E-state index contributed by atoms with van der Waals surface area (Å²) in [6.07, 6.45) is 2.01. The Morgan fingerprint density at radius 1 is 1.45 bits per heavy atom. The van der Waals surface area contributed by atoms with E-state index in [1.807, 2.05) is 41.6 Å². The maximum absolute atomic E-state index is 12.0. The van der Waals surface area contributed by atoms with Crippen molar-refractivity contribution in [2.75, 3.05) is 0 Å². The van der Waals surface area contributed by atoms with Gasteiger partial charge in [0, 0.05) is 18.3 Å². The molecule has 6 heteroatoms. The molecule has 0 fully saturated rings. The average molecular weight is 320 g/mol. The third-order valence-corrected chi connectivity index (χ3v) is 4.20. The smallest absolute Gasteiger partial charge is 0.315 e. The number of amides is 2. The van der Waals surface area contributed by atoms with Gasteiger partial charge in [-0.1, -0.05) is 0 Å². The van der Waals surface area contributed by atoms with Gasteiger partial charge in [-0.15, -0.1) is 0 Å². The Morgan fingerprint density at radius 3 is 2.73 bits per heavy atom. The lowest BCUT2D eigenvalue weighted by Crippen LogP contribution is -2.36. The summed E-state index contributed by atoms with van der Waals surface area (Å²) < 4.78 is 1.94. The predicted molar refractivity (Wildman–Crippen MR) is 90.1 cm³/mol. The van der Waals surface area contributed by atoms with E-state index in [9.17, 15) is 4.79 Å². The van der Waals surface area contributed by atoms with Gasteiger partial charge in [-0.2, -0.15) is 16.4 Å². The molecule has 0 aromatic carbocycles. The minimum Gasteiger partial charge on any atom is -0.334 e. The molecule has 1 unspecified atom stereocenters. The van der Waals surface area contributed by atoms with E-state index in [4.69, 9.17) is 0 Å². The number of nitrogens with zero attached hydrogens (tertiary/aromatic N) is 2. The van der Waals surface area contributed by atoms with Crippen molar-refractivity contribution in [2.45, 2.75) is 52.7 Å². The molecule has 0 radical (unpaired) electrons. The molecule has 0 spiro atoms. The second-order valence-corrected chi connectivity index (χ2v) is 7.25. The molecule has 2 rings (SSSR count). The highest BCUT2D eigenvalue weighted by atomic mass is 32.1. The van der Waals surface area contributed by atoms with Gasteiger partial charge < -0.3 is 10.6 Å². The summed E-state index contributed by atoms with van der Waals surface area (Å²) in [7, 11) is 0. The van der Waals surface area contributed by atoms with Gasteiger partial charge >= 0.3 is 6.03 Å². The Kier molecular flexibility index (Phi) is 4.90. The van der Waals surface area contributed by atoms with Gasteiger partial charge in [0.15, 0.2) is 0 Å². The van der Waals surface area contributed by atoms with Crippen molar-refractivity contribution in [1.82, 2.24) is 20.4 Å². The standard InChI is InChI=1S/C16H24N4OS/c1-11(14-9-20(16(3,4)5)19-12(14)2)18-15(21)17-8-13-6-7-22-10-13/h6-7,9-11H,8H2,1-5H3,(H2,17,18,21). The van der Waals surface area contributed by atoms with Crippen LogP contribution in [0.4, 0.5) is 4.79 Å². The van der Waals surface area contributed by atoms with E-state index >= 15 is 0 Å². The average Bonchev–Trinajstić information content (AvgIpc) is 3.04. The molecule has 2 amide bonds. The maximum atomic E-state index is 12.0. The molecule has 0 aliphatic rings. The number of carbonyl (C=O) groups is 1. The monoisotopic (exact) mass is 320 g/mol. The molecule has 1 atom stereocenters. The zero-order valence-corrected chi connectivity index (χ0v) is 14.6. The van der Waals surface area contributed by atoms with E-state index in [2.05, 4.69) is 36.5 Å². The van der Waals surface area contributed by atoms with Gasteiger partial charge in [-0.05, 0) is 57.0 Å². The molecule has 2 aromatic heterocycles. The molecule has 120 valence electrons. The molecule has 2 heterocycles. The van der Waals surface area contributed by atoms with Crippen molar-refractivity contribution in [3.63, 3.8) is 0 Å². The Bertz CT molecular complexity index is 625. The van der Waals surface area contributed by atoms with Crippen LogP contribution in [0.25, 0.3) is 0 Å². The van der Waals surface area contributed by atoms with Gasteiger partial charge in [-0.3, -0.25) is 4.68 Å². The SMILES string of the molecule is Cc1nn(C(C)(C)C)cc1C(C)NC(=O)NCc1ccsc1. The Hall–Kier alpha value is -1.82. The summed E-state index contributed by atoms with van der Waals surface area (Å²) in [5.74, 6) is 0. The minimum absolute atomic E-state index is 0.0655. The summed E-state index contributed by atoms with van der Waals surface area (Å²) in [4.78, 5) is 12.0. The van der Waals surface area contributed by atoms with E-state index in [0.717, 1.165) is 16.8 Å². The van der Waals surface area contributed by atoms with Gasteiger partial charge in [0.2, 0.25) is 0 Å². The summed E-state index contributed by atoms with van der Waals surface area (Å²) >= 11 is 1.63. The number of urea groups is 1. The van der Waals surface area contributed by atoms with Crippen LogP contribution in [0.15, 0.2) is 23.0 Å². The topological polar surface area (TPSA) is 59.0 Å². The van der Waals surface area contributed by atoms with E-state index in [0.29, 0.717) is 6.54 Å². The van der Waals surface area contributed by atoms with Crippen LogP contribution in [-0.4, -0.2) is 15.8 Å². The van der Waals surface area contributed by atoms with Crippen LogP contribution in [0.3, 0.4) is 0 Å². The van der Waals surface area contributed by atoms with Gasteiger partial charge in [0.1, 0.15) is 0 Å². The Labute approximate surface area is 135 Å². The van der Waals surface area contributed by atoms with Gasteiger partial charge in [0.05, 0.1) is 17.3 Å². The van der Waals surface area contributed by atoms with Crippen molar-refractivity contribution >= 4 is 17.4 Å². The fourth-order valence-electron chi connectivity index (χ4n) is 2.14. The molecule has 2 N–H and O–H groups in total. The third kappa shape index (κ3) is 4.10. The molecule has 0 saturated heterocycles. The lowest BCUT2D eigenvalue weighted by atomic mass is 10.1. The fraction of sp³-hybridized carbons (Fsp3) is 0.500. The molecule has 0 aliphatic heterocycles. The number of thiophene rings is 1. The number of carbonyl (C=O) groups excluding carboxylic acids is 1. The second kappa shape index (κ2) is 6.52. The molecule has 22 heavy (non-hydrogen) atoms. The van der Waals surface area contributed by atoms with Gasteiger partial charge in [-0.25, -0.2) is 4.79 Å². The highest BCUT2D eigenvalue weighted by Gasteiger charge is 2.20. The first-order valence-electron chi connectivity index (χ1n) is 7.39. The van der Waals surface area contributed by atoms with Crippen LogP contribution in [0, 0.1) is 6.92 Å². The van der Waals surface area contributed by atoms with Crippen molar-refractivity contribution in [3.8, 4) is 0 Å². The van der Waals surface area contributed by atoms with Crippen LogP contribution in [0.2, 0.25) is 0 Å². The molecule has 0 bridgehead atoms. The number of hydrogen-bond donors (Lipinski definition) is 2. The largest absolute Gasteiger partial charge is 0.334 e. The first-order valence-corrected chi connectivity index (χ1v) is 8.33. The summed E-state index contributed by atoms with van der Waals surface area (Å²) in [6, 6.07) is 1.76. The molecular weight excluding hydrogens is 296 g/mol. The highest BCUT2D eigenvalue weighted by Crippen LogP contribution is 2.21. The zero-order valence-electron chi connectivity index (χ0n) is 13.8. The lowest BCUT2D eigenvalue weighted by molar-refractivity contribution is 0.237. The summed E-state index contributed by atoms with van der Waals surface area (Å²) in [6.45, 7) is 10.8. The third-order valence-electron chi connectivity index (χ3n) is 3.47. The van der Waals surface area contributed by atoms with Crippen LogP contribution in [-0.2, 0) is 12.1 Å². The second-order valence-electron chi connectivity index (χ2n) is 6.47. The zero-order chi connectivity index (χ0) is 16.3. The van der Waals surface area contributed by atoms with E-state index in [1.54, 1.807) is 11.3 Å². The minimum atomic E-state index is -0.165. The van der Waals surface area contributed by atoms with E-state index < -0.39 is 0 Å².